The molecule has 0 aromatic carbocycles. The van der Waals surface area contributed by atoms with Crippen molar-refractivity contribution in [3.63, 3.8) is 0 Å². The van der Waals surface area contributed by atoms with Crippen LogP contribution in [0.4, 0.5) is 5.82 Å². The van der Waals surface area contributed by atoms with Crippen LogP contribution in [0.1, 0.15) is 23.9 Å². The van der Waals surface area contributed by atoms with E-state index in [-0.39, 0.29) is 0 Å². The molecule has 2 heterocycles. The van der Waals surface area contributed by atoms with Gasteiger partial charge in [-0.25, -0.2) is 4.98 Å². The van der Waals surface area contributed by atoms with Gasteiger partial charge in [-0.3, -0.25) is 0 Å². The molecule has 0 amide bonds. The molecule has 0 saturated carbocycles. The van der Waals surface area contributed by atoms with Crippen LogP contribution < -0.4 is 5.73 Å². The number of anilines is 1. The van der Waals surface area contributed by atoms with Crippen molar-refractivity contribution in [2.24, 2.45) is 0 Å². The van der Waals surface area contributed by atoms with E-state index in [1.54, 1.807) is 11.3 Å². The Labute approximate surface area is 92.1 Å². The lowest BCUT2D eigenvalue weighted by Crippen LogP contribution is -1.92. The van der Waals surface area contributed by atoms with Crippen LogP contribution in [-0.4, -0.2) is 10.1 Å². The van der Waals surface area contributed by atoms with Crippen molar-refractivity contribution in [1.82, 2.24) is 10.1 Å². The van der Waals surface area contributed by atoms with Crippen molar-refractivity contribution in [3.8, 4) is 11.5 Å². The number of rotatable bonds is 3. The molecule has 4 nitrogen and oxygen atoms in total. The number of hydrogen-bond acceptors (Lipinski definition) is 5. The zero-order valence-electron chi connectivity index (χ0n) is 8.78. The highest BCUT2D eigenvalue weighted by molar-refractivity contribution is 7.09. The number of aromatic nitrogens is 2. The Bertz CT molecular complexity index is 461. The molecular weight excluding hydrogens is 210 g/mol. The molecule has 80 valence electrons. The lowest BCUT2D eigenvalue weighted by Gasteiger charge is -1.96. The van der Waals surface area contributed by atoms with E-state index in [4.69, 9.17) is 10.3 Å². The van der Waals surface area contributed by atoms with Gasteiger partial charge < -0.3 is 10.3 Å². The van der Waals surface area contributed by atoms with Gasteiger partial charge in [-0.1, -0.05) is 18.5 Å². The lowest BCUT2D eigenvalue weighted by atomic mass is 10.1. The van der Waals surface area contributed by atoms with E-state index in [0.29, 0.717) is 5.82 Å². The Kier molecular flexibility index (Phi) is 2.73. The average molecular weight is 223 g/mol. The van der Waals surface area contributed by atoms with Gasteiger partial charge >= 0.3 is 0 Å². The van der Waals surface area contributed by atoms with Crippen molar-refractivity contribution >= 4 is 17.2 Å². The van der Waals surface area contributed by atoms with Crippen molar-refractivity contribution < 1.29 is 4.52 Å². The number of nitrogens with zero attached hydrogens (tertiary/aromatic N) is 2. The Morgan fingerprint density at radius 1 is 1.53 bits per heavy atom. The second-order valence-electron chi connectivity index (χ2n) is 3.38. The zero-order valence-corrected chi connectivity index (χ0v) is 9.60. The zero-order chi connectivity index (χ0) is 10.8. The fraction of sp³-hybridized carbons (Fsp3) is 0.400. The summed E-state index contributed by atoms with van der Waals surface area (Å²) in [6.07, 6.45) is 1.89. The van der Waals surface area contributed by atoms with E-state index in [2.05, 4.69) is 17.1 Å². The van der Waals surface area contributed by atoms with Gasteiger partial charge in [-0.2, -0.15) is 0 Å². The number of nitrogen functional groups attached to an aromatic ring is 1. The van der Waals surface area contributed by atoms with E-state index >= 15 is 0 Å². The molecule has 0 aliphatic carbocycles. The van der Waals surface area contributed by atoms with Crippen molar-refractivity contribution in [3.05, 3.63) is 16.0 Å². The summed E-state index contributed by atoms with van der Waals surface area (Å²) in [7, 11) is 0. The van der Waals surface area contributed by atoms with Crippen molar-refractivity contribution in [2.45, 2.75) is 26.7 Å². The first kappa shape index (κ1) is 10.2. The minimum Gasteiger partial charge on any atom is -0.381 e. The van der Waals surface area contributed by atoms with E-state index in [9.17, 15) is 0 Å². The molecule has 2 aromatic heterocycles. The molecule has 0 saturated heterocycles. The van der Waals surface area contributed by atoms with Crippen LogP contribution in [0.3, 0.4) is 0 Å². The first-order chi connectivity index (χ1) is 7.22. The SMILES string of the molecule is CCCc1c(N)noc1-c1csc(C)n1. The van der Waals surface area contributed by atoms with Crippen LogP contribution in [0, 0.1) is 6.92 Å². The number of nitrogens with two attached hydrogens (primary N) is 1. The molecule has 0 radical (unpaired) electrons. The van der Waals surface area contributed by atoms with Crippen LogP contribution in [0.2, 0.25) is 0 Å². The summed E-state index contributed by atoms with van der Waals surface area (Å²) in [5.74, 6) is 1.20. The van der Waals surface area contributed by atoms with Gasteiger partial charge in [0.25, 0.3) is 0 Å². The molecule has 0 atom stereocenters. The Morgan fingerprint density at radius 3 is 2.93 bits per heavy atom. The lowest BCUT2D eigenvalue weighted by molar-refractivity contribution is 0.434. The highest BCUT2D eigenvalue weighted by Gasteiger charge is 2.16. The summed E-state index contributed by atoms with van der Waals surface area (Å²) in [6.45, 7) is 4.07. The minimum absolute atomic E-state index is 0.484. The average Bonchev–Trinajstić information content (AvgIpc) is 2.76. The maximum Gasteiger partial charge on any atom is 0.191 e. The molecule has 0 aliphatic heterocycles. The highest BCUT2D eigenvalue weighted by atomic mass is 32.1. The minimum atomic E-state index is 0.484. The summed E-state index contributed by atoms with van der Waals surface area (Å²) in [5.41, 5.74) is 7.56. The molecule has 2 aromatic rings. The van der Waals surface area contributed by atoms with Crippen LogP contribution in [0.15, 0.2) is 9.90 Å². The van der Waals surface area contributed by atoms with Gasteiger partial charge in [0.2, 0.25) is 0 Å². The molecule has 0 fully saturated rings. The topological polar surface area (TPSA) is 64.9 Å². The van der Waals surface area contributed by atoms with Gasteiger partial charge in [0.1, 0.15) is 5.69 Å². The largest absolute Gasteiger partial charge is 0.381 e. The van der Waals surface area contributed by atoms with E-state index in [0.717, 1.165) is 34.9 Å². The monoisotopic (exact) mass is 223 g/mol. The predicted octanol–water partition coefficient (Wildman–Crippen LogP) is 2.64. The maximum atomic E-state index is 5.74. The van der Waals surface area contributed by atoms with Gasteiger partial charge in [0.05, 0.1) is 5.01 Å². The normalized spacial score (nSPS) is 10.8. The first-order valence-electron chi connectivity index (χ1n) is 4.89. The molecule has 5 heteroatoms. The molecule has 2 N–H and O–H groups in total. The molecule has 0 aliphatic rings. The standard InChI is InChI=1S/C10H13N3OS/c1-3-4-7-9(14-13-10(7)11)8-5-15-6(2)12-8/h5H,3-4H2,1-2H3,(H2,11,13). The fourth-order valence-electron chi connectivity index (χ4n) is 1.48. The summed E-state index contributed by atoms with van der Waals surface area (Å²) in [6, 6.07) is 0. The number of hydrogen-bond donors (Lipinski definition) is 1. The third-order valence-corrected chi connectivity index (χ3v) is 2.94. The summed E-state index contributed by atoms with van der Waals surface area (Å²) >= 11 is 1.60. The third-order valence-electron chi connectivity index (χ3n) is 2.17. The van der Waals surface area contributed by atoms with Crippen molar-refractivity contribution in [2.75, 3.05) is 5.73 Å². The molecular formula is C10H13N3OS. The number of aryl methyl sites for hydroxylation is 1. The molecule has 0 unspecified atom stereocenters. The van der Waals surface area contributed by atoms with Gasteiger partial charge in [-0.15, -0.1) is 11.3 Å². The summed E-state index contributed by atoms with van der Waals surface area (Å²) < 4.78 is 5.22. The number of thiazole rings is 1. The van der Waals surface area contributed by atoms with Crippen molar-refractivity contribution in [1.29, 1.82) is 0 Å². The maximum absolute atomic E-state index is 5.74. The molecule has 0 spiro atoms. The van der Waals surface area contributed by atoms with E-state index in [1.165, 1.54) is 0 Å². The predicted molar refractivity (Wildman–Crippen MR) is 60.8 cm³/mol. The van der Waals surface area contributed by atoms with E-state index < -0.39 is 0 Å². The second kappa shape index (κ2) is 4.02. The Balaban J connectivity index is 2.43. The third kappa shape index (κ3) is 1.87. The molecule has 0 bridgehead atoms. The quantitative estimate of drug-likeness (QED) is 0.868. The highest BCUT2D eigenvalue weighted by Crippen LogP contribution is 2.29. The van der Waals surface area contributed by atoms with E-state index in [1.807, 2.05) is 12.3 Å². The van der Waals surface area contributed by atoms with Crippen LogP contribution in [-0.2, 0) is 6.42 Å². The van der Waals surface area contributed by atoms with Gasteiger partial charge in [-0.05, 0) is 13.3 Å². The Hall–Kier alpha value is -1.36. The molecule has 15 heavy (non-hydrogen) atoms. The smallest absolute Gasteiger partial charge is 0.191 e. The summed E-state index contributed by atoms with van der Waals surface area (Å²) in [5, 5.41) is 6.77. The van der Waals surface area contributed by atoms with Crippen LogP contribution >= 0.6 is 11.3 Å². The first-order valence-corrected chi connectivity index (χ1v) is 5.77. The summed E-state index contributed by atoms with van der Waals surface area (Å²) in [4.78, 5) is 4.37. The van der Waals surface area contributed by atoms with Gasteiger partial charge in [0, 0.05) is 10.9 Å². The second-order valence-corrected chi connectivity index (χ2v) is 4.44. The van der Waals surface area contributed by atoms with Crippen LogP contribution in [0.5, 0.6) is 0 Å². The fourth-order valence-corrected chi connectivity index (χ4v) is 2.07. The van der Waals surface area contributed by atoms with Gasteiger partial charge in [0.15, 0.2) is 11.6 Å². The molecule has 2 rings (SSSR count). The van der Waals surface area contributed by atoms with Crippen LogP contribution in [0.25, 0.3) is 11.5 Å². The Morgan fingerprint density at radius 2 is 2.33 bits per heavy atom.